The number of hydrogen-bond acceptors (Lipinski definition) is 3. The summed E-state index contributed by atoms with van der Waals surface area (Å²) in [7, 11) is 0. The Morgan fingerprint density at radius 1 is 1.04 bits per heavy atom. The quantitative estimate of drug-likeness (QED) is 0.855. The van der Waals surface area contributed by atoms with Crippen LogP contribution in [0.3, 0.4) is 0 Å². The van der Waals surface area contributed by atoms with Gasteiger partial charge in [-0.15, -0.1) is 0 Å². The van der Waals surface area contributed by atoms with E-state index in [1.165, 1.54) is 6.07 Å². The zero-order valence-corrected chi connectivity index (χ0v) is 14.5. The first-order chi connectivity index (χ1) is 12.4. The Labute approximate surface area is 150 Å². The lowest BCUT2D eigenvalue weighted by atomic mass is 9.95. The van der Waals surface area contributed by atoms with E-state index in [0.717, 1.165) is 17.7 Å². The molecule has 2 aromatic rings. The van der Waals surface area contributed by atoms with Crippen molar-refractivity contribution < 1.29 is 23.0 Å². The number of fused-ring (bicyclic) bond motifs is 1. The van der Waals surface area contributed by atoms with Gasteiger partial charge < -0.3 is 20.1 Å². The first-order valence-corrected chi connectivity index (χ1v) is 8.36. The van der Waals surface area contributed by atoms with Crippen molar-refractivity contribution >= 4 is 11.7 Å². The molecule has 0 aromatic heterocycles. The molecule has 1 heterocycles. The Morgan fingerprint density at radius 2 is 1.77 bits per heavy atom. The van der Waals surface area contributed by atoms with Gasteiger partial charge in [0.1, 0.15) is 24.8 Å². The summed E-state index contributed by atoms with van der Waals surface area (Å²) in [5, 5.41) is 5.23. The molecule has 1 aliphatic heterocycles. The van der Waals surface area contributed by atoms with Gasteiger partial charge in [-0.3, -0.25) is 0 Å². The fraction of sp³-hybridized carbons (Fsp3) is 0.316. The minimum Gasteiger partial charge on any atom is -0.486 e. The van der Waals surface area contributed by atoms with Gasteiger partial charge in [-0.2, -0.15) is 0 Å². The average molecular weight is 362 g/mol. The van der Waals surface area contributed by atoms with Crippen molar-refractivity contribution in [3.8, 4) is 11.5 Å². The Bertz CT molecular complexity index is 811. The SMILES string of the molecule is CC(C)[C@H](NC(=O)Nc1ccc(F)cc1F)c1ccc2c(c1)OCCO2. The third kappa shape index (κ3) is 4.04. The largest absolute Gasteiger partial charge is 0.486 e. The Balaban J connectivity index is 1.75. The fourth-order valence-electron chi connectivity index (χ4n) is 2.78. The van der Waals surface area contributed by atoms with Crippen LogP contribution in [0.1, 0.15) is 25.5 Å². The Kier molecular flexibility index (Phi) is 5.25. The molecule has 1 aliphatic rings. The number of nitrogens with one attached hydrogen (secondary N) is 2. The number of anilines is 1. The smallest absolute Gasteiger partial charge is 0.319 e. The molecule has 0 spiro atoms. The summed E-state index contributed by atoms with van der Waals surface area (Å²) in [6.07, 6.45) is 0. The zero-order valence-electron chi connectivity index (χ0n) is 14.5. The first-order valence-electron chi connectivity index (χ1n) is 8.36. The second-order valence-corrected chi connectivity index (χ2v) is 6.35. The van der Waals surface area contributed by atoms with Gasteiger partial charge in [0.05, 0.1) is 11.7 Å². The van der Waals surface area contributed by atoms with E-state index in [0.29, 0.717) is 24.7 Å². The summed E-state index contributed by atoms with van der Waals surface area (Å²) in [5.74, 6) is -0.168. The molecule has 0 saturated carbocycles. The van der Waals surface area contributed by atoms with Gasteiger partial charge >= 0.3 is 6.03 Å². The van der Waals surface area contributed by atoms with E-state index >= 15 is 0 Å². The van der Waals surface area contributed by atoms with Crippen molar-refractivity contribution in [2.45, 2.75) is 19.9 Å². The van der Waals surface area contributed by atoms with Crippen molar-refractivity contribution in [1.29, 1.82) is 0 Å². The monoisotopic (exact) mass is 362 g/mol. The number of ether oxygens (including phenoxy) is 2. The molecule has 26 heavy (non-hydrogen) atoms. The number of carbonyl (C=O) groups is 1. The number of carbonyl (C=O) groups excluding carboxylic acids is 1. The number of amides is 2. The number of benzene rings is 2. The van der Waals surface area contributed by atoms with Crippen LogP contribution in [0.5, 0.6) is 11.5 Å². The maximum Gasteiger partial charge on any atom is 0.319 e. The van der Waals surface area contributed by atoms with Gasteiger partial charge in [0.25, 0.3) is 0 Å². The molecule has 0 fully saturated rings. The summed E-state index contributed by atoms with van der Waals surface area (Å²) in [5.41, 5.74) is 0.757. The molecule has 0 aliphatic carbocycles. The molecule has 0 unspecified atom stereocenters. The van der Waals surface area contributed by atoms with Crippen LogP contribution < -0.4 is 20.1 Å². The number of hydrogen-bond donors (Lipinski definition) is 2. The van der Waals surface area contributed by atoms with E-state index in [2.05, 4.69) is 10.6 Å². The number of urea groups is 1. The van der Waals surface area contributed by atoms with Crippen LogP contribution in [0.2, 0.25) is 0 Å². The van der Waals surface area contributed by atoms with E-state index < -0.39 is 17.7 Å². The van der Waals surface area contributed by atoms with E-state index in [1.54, 1.807) is 6.07 Å². The van der Waals surface area contributed by atoms with Crippen LogP contribution in [-0.2, 0) is 0 Å². The second kappa shape index (κ2) is 7.59. The third-order valence-corrected chi connectivity index (χ3v) is 4.06. The molecular formula is C19H20F2N2O3. The fourth-order valence-corrected chi connectivity index (χ4v) is 2.78. The summed E-state index contributed by atoms with van der Waals surface area (Å²) in [6.45, 7) is 4.89. The van der Waals surface area contributed by atoms with Crippen LogP contribution in [0.25, 0.3) is 0 Å². The van der Waals surface area contributed by atoms with Crippen molar-refractivity contribution in [2.75, 3.05) is 18.5 Å². The summed E-state index contributed by atoms with van der Waals surface area (Å²) in [6, 6.07) is 7.57. The minimum atomic E-state index is -0.833. The molecule has 2 amide bonds. The van der Waals surface area contributed by atoms with Crippen LogP contribution in [-0.4, -0.2) is 19.2 Å². The topological polar surface area (TPSA) is 59.6 Å². The second-order valence-electron chi connectivity index (χ2n) is 6.35. The van der Waals surface area contributed by atoms with Gasteiger partial charge in [-0.25, -0.2) is 13.6 Å². The summed E-state index contributed by atoms with van der Waals surface area (Å²) in [4.78, 5) is 12.3. The maximum atomic E-state index is 13.7. The number of halogens is 2. The molecule has 0 radical (unpaired) electrons. The summed E-state index contributed by atoms with van der Waals surface area (Å²) >= 11 is 0. The Morgan fingerprint density at radius 3 is 2.46 bits per heavy atom. The highest BCUT2D eigenvalue weighted by Crippen LogP contribution is 2.34. The zero-order chi connectivity index (χ0) is 18.7. The predicted molar refractivity (Wildman–Crippen MR) is 93.5 cm³/mol. The molecule has 2 aromatic carbocycles. The lowest BCUT2D eigenvalue weighted by molar-refractivity contribution is 0.171. The Hall–Kier alpha value is -2.83. The van der Waals surface area contributed by atoms with Gasteiger partial charge in [0.15, 0.2) is 11.5 Å². The standard InChI is InChI=1S/C19H20F2N2O3/c1-11(2)18(12-3-6-16-17(9-12)26-8-7-25-16)23-19(24)22-15-5-4-13(20)10-14(15)21/h3-6,9-11,18H,7-8H2,1-2H3,(H2,22,23,24)/t18-/m0/s1. The molecule has 2 N–H and O–H groups in total. The highest BCUT2D eigenvalue weighted by molar-refractivity contribution is 5.89. The highest BCUT2D eigenvalue weighted by atomic mass is 19.1. The number of rotatable bonds is 4. The van der Waals surface area contributed by atoms with Gasteiger partial charge in [-0.05, 0) is 35.7 Å². The van der Waals surface area contributed by atoms with Crippen molar-refractivity contribution in [3.63, 3.8) is 0 Å². The molecular weight excluding hydrogens is 342 g/mol. The van der Waals surface area contributed by atoms with Crippen molar-refractivity contribution in [2.24, 2.45) is 5.92 Å². The van der Waals surface area contributed by atoms with Crippen molar-refractivity contribution in [3.05, 3.63) is 53.6 Å². The lowest BCUT2D eigenvalue weighted by Crippen LogP contribution is -2.35. The van der Waals surface area contributed by atoms with E-state index in [1.807, 2.05) is 26.0 Å². The average Bonchev–Trinajstić information content (AvgIpc) is 2.61. The summed E-state index contributed by atoms with van der Waals surface area (Å²) < 4.78 is 37.8. The van der Waals surface area contributed by atoms with Gasteiger partial charge in [0, 0.05) is 6.07 Å². The normalized spacial score (nSPS) is 14.0. The molecule has 5 nitrogen and oxygen atoms in total. The molecule has 138 valence electrons. The van der Waals surface area contributed by atoms with E-state index in [9.17, 15) is 13.6 Å². The van der Waals surface area contributed by atoms with E-state index in [-0.39, 0.29) is 17.6 Å². The molecule has 0 bridgehead atoms. The first kappa shape index (κ1) is 18.0. The lowest BCUT2D eigenvalue weighted by Gasteiger charge is -2.25. The third-order valence-electron chi connectivity index (χ3n) is 4.06. The molecule has 7 heteroatoms. The van der Waals surface area contributed by atoms with Gasteiger partial charge in [-0.1, -0.05) is 19.9 Å². The van der Waals surface area contributed by atoms with Crippen LogP contribution in [0.15, 0.2) is 36.4 Å². The van der Waals surface area contributed by atoms with Crippen LogP contribution >= 0.6 is 0 Å². The molecule has 3 rings (SSSR count). The van der Waals surface area contributed by atoms with E-state index in [4.69, 9.17) is 9.47 Å². The molecule has 1 atom stereocenters. The predicted octanol–water partition coefficient (Wildman–Crippen LogP) is 4.25. The van der Waals surface area contributed by atoms with Gasteiger partial charge in [0.2, 0.25) is 0 Å². The molecule has 0 saturated heterocycles. The highest BCUT2D eigenvalue weighted by Gasteiger charge is 2.22. The van der Waals surface area contributed by atoms with Crippen LogP contribution in [0.4, 0.5) is 19.3 Å². The maximum absolute atomic E-state index is 13.7. The minimum absolute atomic E-state index is 0.0707. The van der Waals surface area contributed by atoms with Crippen LogP contribution in [0, 0.1) is 17.6 Å². The van der Waals surface area contributed by atoms with Crippen molar-refractivity contribution in [1.82, 2.24) is 5.32 Å².